The van der Waals surface area contributed by atoms with Gasteiger partial charge in [0, 0.05) is 43.8 Å². The molecule has 0 unspecified atom stereocenters. The van der Waals surface area contributed by atoms with Gasteiger partial charge in [0.25, 0.3) is 5.91 Å². The molecule has 0 spiro atoms. The monoisotopic (exact) mass is 375 g/mol. The number of carbonyl (C=O) groups excluding carboxylic acids is 1. The van der Waals surface area contributed by atoms with Crippen molar-refractivity contribution in [3.05, 3.63) is 35.5 Å². The Morgan fingerprint density at radius 3 is 2.46 bits per heavy atom. The Morgan fingerprint density at radius 1 is 1.27 bits per heavy atom. The summed E-state index contributed by atoms with van der Waals surface area (Å²) in [4.78, 5) is 16.5. The largest absolute Gasteiger partial charge is 1.00 e. The first kappa shape index (κ1) is 21.9. The summed E-state index contributed by atoms with van der Waals surface area (Å²) in [6.07, 6.45) is 4.73. The number of anilines is 2. The molecule has 1 fully saturated rings. The molecule has 0 saturated carbocycles. The molecule has 0 aromatic heterocycles. The number of nitrogens with zero attached hydrogens (tertiary/aromatic N) is 3. The molecule has 142 valence electrons. The Labute approximate surface area is 163 Å². The lowest BCUT2D eigenvalue weighted by molar-refractivity contribution is -0.127. The minimum Gasteiger partial charge on any atom is -1.00 e. The van der Waals surface area contributed by atoms with Gasteiger partial charge in [-0.3, -0.25) is 4.79 Å². The number of likely N-dealkylation sites (tertiary alicyclic amines) is 1. The zero-order valence-corrected chi connectivity index (χ0v) is 16.6. The third kappa shape index (κ3) is 5.40. The van der Waals surface area contributed by atoms with E-state index >= 15 is 0 Å². The molecule has 6 heteroatoms. The lowest BCUT2D eigenvalue weighted by Crippen LogP contribution is -3.00. The predicted molar refractivity (Wildman–Crippen MR) is 102 cm³/mol. The fraction of sp³-hybridized carbons (Fsp3) is 0.500. The molecule has 26 heavy (non-hydrogen) atoms. The number of aryl methyl sites for hydroxylation is 1. The Hall–Kier alpha value is -2.19. The van der Waals surface area contributed by atoms with Crippen LogP contribution < -0.4 is 22.6 Å². The van der Waals surface area contributed by atoms with E-state index in [2.05, 4.69) is 36.2 Å². The molecular weight excluding hydrogens is 348 g/mol. The first-order chi connectivity index (χ1) is 12.1. The van der Waals surface area contributed by atoms with Crippen LogP contribution in [0.15, 0.2) is 30.0 Å². The number of carbonyl (C=O) groups is 1. The van der Waals surface area contributed by atoms with Gasteiger partial charge in [0.2, 0.25) is 0 Å². The Morgan fingerprint density at radius 2 is 1.92 bits per heavy atom. The SMILES string of the molecule is CCN(CC)c1ccc(N/C=C(/C#N)C(=O)N2CCCCC2)c(C)c1.[Cl-]. The second kappa shape index (κ2) is 10.7. The highest BCUT2D eigenvalue weighted by Gasteiger charge is 2.20. The molecule has 1 N–H and O–H groups in total. The minimum atomic E-state index is -0.174. The minimum absolute atomic E-state index is 0. The summed E-state index contributed by atoms with van der Waals surface area (Å²) < 4.78 is 0. The molecule has 1 heterocycles. The van der Waals surface area contributed by atoms with Gasteiger partial charge in [-0.15, -0.1) is 0 Å². The number of rotatable bonds is 6. The second-order valence-electron chi connectivity index (χ2n) is 6.34. The highest BCUT2D eigenvalue weighted by molar-refractivity contribution is 5.97. The van der Waals surface area contributed by atoms with Crippen LogP contribution in [0.1, 0.15) is 38.7 Å². The van der Waals surface area contributed by atoms with Crippen LogP contribution >= 0.6 is 0 Å². The van der Waals surface area contributed by atoms with Gasteiger partial charge in [0.15, 0.2) is 0 Å². The third-order valence-electron chi connectivity index (χ3n) is 4.70. The fourth-order valence-electron chi connectivity index (χ4n) is 3.15. The van der Waals surface area contributed by atoms with E-state index in [1.807, 2.05) is 19.1 Å². The van der Waals surface area contributed by atoms with Crippen molar-refractivity contribution in [2.45, 2.75) is 40.0 Å². The molecule has 1 aromatic rings. The van der Waals surface area contributed by atoms with Crippen LogP contribution in [0.3, 0.4) is 0 Å². The number of nitrogens with one attached hydrogen (secondary N) is 1. The Balaban J connectivity index is 0.00000338. The van der Waals surface area contributed by atoms with E-state index in [1.54, 1.807) is 4.90 Å². The summed E-state index contributed by atoms with van der Waals surface area (Å²) in [5.41, 5.74) is 3.34. The smallest absolute Gasteiger partial charge is 0.266 e. The normalized spacial score (nSPS) is 14.2. The van der Waals surface area contributed by atoms with Crippen molar-refractivity contribution in [3.63, 3.8) is 0 Å². The summed E-state index contributed by atoms with van der Waals surface area (Å²) in [5, 5.41) is 12.5. The maximum Gasteiger partial charge on any atom is 0.266 e. The lowest BCUT2D eigenvalue weighted by atomic mass is 10.1. The molecule has 0 aliphatic carbocycles. The van der Waals surface area contributed by atoms with Crippen LogP contribution in [-0.4, -0.2) is 37.0 Å². The van der Waals surface area contributed by atoms with Crippen LogP contribution in [-0.2, 0) is 4.79 Å². The standard InChI is InChI=1S/C20H28N4O.ClH/c1-4-23(5-2)18-9-10-19(16(3)13-18)22-15-17(14-21)20(25)24-11-7-6-8-12-24;/h9-10,13,15,22H,4-8,11-12H2,1-3H3;1H/p-1/b17-15-;. The zero-order valence-electron chi connectivity index (χ0n) is 15.9. The lowest BCUT2D eigenvalue weighted by Gasteiger charge is -2.26. The van der Waals surface area contributed by atoms with Gasteiger partial charge in [0.05, 0.1) is 0 Å². The number of nitriles is 1. The van der Waals surface area contributed by atoms with Gasteiger partial charge < -0.3 is 27.5 Å². The number of piperidine rings is 1. The molecule has 5 nitrogen and oxygen atoms in total. The highest BCUT2D eigenvalue weighted by Crippen LogP contribution is 2.23. The molecular formula is C20H28ClN4O-. The molecule has 0 bridgehead atoms. The van der Waals surface area contributed by atoms with E-state index < -0.39 is 0 Å². The maximum absolute atomic E-state index is 12.4. The fourth-order valence-corrected chi connectivity index (χ4v) is 3.15. The van der Waals surface area contributed by atoms with E-state index in [-0.39, 0.29) is 23.9 Å². The first-order valence-corrected chi connectivity index (χ1v) is 9.12. The molecule has 0 atom stereocenters. The van der Waals surface area contributed by atoms with E-state index in [0.29, 0.717) is 0 Å². The summed E-state index contributed by atoms with van der Waals surface area (Å²) in [6, 6.07) is 8.23. The molecule has 1 saturated heterocycles. The molecule has 0 radical (unpaired) electrons. The van der Waals surface area contributed by atoms with Crippen molar-refractivity contribution in [3.8, 4) is 6.07 Å². The average Bonchev–Trinajstić information content (AvgIpc) is 2.65. The molecule has 2 rings (SSSR count). The molecule has 1 amide bonds. The van der Waals surface area contributed by atoms with Crippen molar-refractivity contribution >= 4 is 17.3 Å². The molecule has 1 aliphatic rings. The Kier molecular flexibility index (Phi) is 9.01. The van der Waals surface area contributed by atoms with Crippen LogP contribution in [0.2, 0.25) is 0 Å². The predicted octanol–water partition coefficient (Wildman–Crippen LogP) is 0.677. The van der Waals surface area contributed by atoms with Crippen LogP contribution in [0, 0.1) is 18.3 Å². The highest BCUT2D eigenvalue weighted by atomic mass is 35.5. The number of hydrogen-bond donors (Lipinski definition) is 1. The first-order valence-electron chi connectivity index (χ1n) is 9.12. The second-order valence-corrected chi connectivity index (χ2v) is 6.34. The molecule has 1 aromatic carbocycles. The number of amides is 1. The van der Waals surface area contributed by atoms with Crippen molar-refractivity contribution in [1.82, 2.24) is 4.90 Å². The van der Waals surface area contributed by atoms with Gasteiger partial charge in [-0.05, 0) is 63.8 Å². The van der Waals surface area contributed by atoms with Gasteiger partial charge in [-0.2, -0.15) is 5.26 Å². The topological polar surface area (TPSA) is 59.4 Å². The number of halogens is 1. The van der Waals surface area contributed by atoms with Crippen molar-refractivity contribution in [2.75, 3.05) is 36.4 Å². The van der Waals surface area contributed by atoms with Gasteiger partial charge in [-0.25, -0.2) is 0 Å². The van der Waals surface area contributed by atoms with E-state index in [4.69, 9.17) is 0 Å². The zero-order chi connectivity index (χ0) is 18.2. The quantitative estimate of drug-likeness (QED) is 0.586. The van der Waals surface area contributed by atoms with Gasteiger partial charge in [0.1, 0.15) is 11.6 Å². The van der Waals surface area contributed by atoms with E-state index in [9.17, 15) is 10.1 Å². The number of hydrogen-bond acceptors (Lipinski definition) is 4. The van der Waals surface area contributed by atoms with Crippen molar-refractivity contribution in [1.29, 1.82) is 5.26 Å². The summed E-state index contributed by atoms with van der Waals surface area (Å²) >= 11 is 0. The van der Waals surface area contributed by atoms with Crippen LogP contribution in [0.5, 0.6) is 0 Å². The van der Waals surface area contributed by atoms with E-state index in [1.165, 1.54) is 11.9 Å². The Bertz CT molecular complexity index is 671. The number of benzene rings is 1. The van der Waals surface area contributed by atoms with Gasteiger partial charge in [-0.1, -0.05) is 0 Å². The van der Waals surface area contributed by atoms with Crippen LogP contribution in [0.4, 0.5) is 11.4 Å². The van der Waals surface area contributed by atoms with Gasteiger partial charge >= 0.3 is 0 Å². The molecule has 1 aliphatic heterocycles. The summed E-state index contributed by atoms with van der Waals surface area (Å²) in [5.74, 6) is -0.174. The van der Waals surface area contributed by atoms with Crippen molar-refractivity contribution in [2.24, 2.45) is 0 Å². The van der Waals surface area contributed by atoms with Crippen molar-refractivity contribution < 1.29 is 17.2 Å². The van der Waals surface area contributed by atoms with E-state index in [0.717, 1.165) is 56.7 Å². The third-order valence-corrected chi connectivity index (χ3v) is 4.70. The summed E-state index contributed by atoms with van der Waals surface area (Å²) in [6.45, 7) is 9.72. The summed E-state index contributed by atoms with van der Waals surface area (Å²) in [7, 11) is 0. The van der Waals surface area contributed by atoms with Crippen LogP contribution in [0.25, 0.3) is 0 Å². The maximum atomic E-state index is 12.4. The average molecular weight is 376 g/mol.